The van der Waals surface area contributed by atoms with Crippen LogP contribution in [0.25, 0.3) is 0 Å². The van der Waals surface area contributed by atoms with Crippen molar-refractivity contribution in [3.05, 3.63) is 34.0 Å². The third kappa shape index (κ3) is 4.89. The van der Waals surface area contributed by atoms with Gasteiger partial charge in [-0.3, -0.25) is 9.35 Å². The summed E-state index contributed by atoms with van der Waals surface area (Å²) in [7, 11) is -4.56. The first-order chi connectivity index (χ1) is 10.6. The fourth-order valence-electron chi connectivity index (χ4n) is 2.08. The first-order valence-electron chi connectivity index (χ1n) is 6.65. The molecule has 0 aliphatic carbocycles. The van der Waals surface area contributed by atoms with E-state index >= 15 is 0 Å². The Hall–Kier alpha value is -2.20. The molecule has 2 atom stereocenters. The van der Waals surface area contributed by atoms with Gasteiger partial charge in [0.05, 0.1) is 5.25 Å². The number of ketones is 2. The van der Waals surface area contributed by atoms with Gasteiger partial charge in [0.1, 0.15) is 17.5 Å². The van der Waals surface area contributed by atoms with E-state index in [0.29, 0.717) is 0 Å². The van der Waals surface area contributed by atoms with Gasteiger partial charge in [0, 0.05) is 12.3 Å². The molecule has 1 N–H and O–H groups in total. The van der Waals surface area contributed by atoms with E-state index in [1.165, 1.54) is 13.0 Å². The average Bonchev–Trinajstić information content (AvgIpc) is 2.45. The molecule has 1 heterocycles. The molecule has 1 aromatic rings. The maximum atomic E-state index is 12.5. The van der Waals surface area contributed by atoms with Gasteiger partial charge in [-0.1, -0.05) is 0 Å². The zero-order valence-corrected chi connectivity index (χ0v) is 13.3. The van der Waals surface area contributed by atoms with E-state index in [4.69, 9.17) is 0 Å². The molecule has 0 fully saturated rings. The molecule has 23 heavy (non-hydrogen) atoms. The van der Waals surface area contributed by atoms with Gasteiger partial charge < -0.3 is 14.9 Å². The summed E-state index contributed by atoms with van der Waals surface area (Å²) in [5, 5.41) is 9.45. The fourth-order valence-corrected chi connectivity index (χ4v) is 2.75. The summed E-state index contributed by atoms with van der Waals surface area (Å²) in [6.07, 6.45) is 0.886. The molecule has 2 unspecified atom stereocenters. The fraction of sp³-hybridized carbons (Fsp3) is 0.462. The number of carbonyl (C=O) groups is 2. The molecule has 1 aromatic heterocycles. The van der Waals surface area contributed by atoms with Crippen LogP contribution in [0.1, 0.15) is 37.0 Å². The summed E-state index contributed by atoms with van der Waals surface area (Å²) in [4.78, 5) is 37.2. The van der Waals surface area contributed by atoms with Crippen molar-refractivity contribution in [2.45, 2.75) is 31.9 Å². The summed E-state index contributed by atoms with van der Waals surface area (Å²) in [6.45, 7) is 2.38. The Morgan fingerprint density at radius 2 is 2.04 bits per heavy atom. The molecule has 0 saturated carbocycles. The summed E-state index contributed by atoms with van der Waals surface area (Å²) >= 11 is 0. The second-order valence-electron chi connectivity index (χ2n) is 5.06. The minimum atomic E-state index is -4.56. The van der Waals surface area contributed by atoms with E-state index in [1.807, 2.05) is 0 Å². The quantitative estimate of drug-likeness (QED) is 0.323. The average molecular weight is 344 g/mol. The Morgan fingerprint density at radius 3 is 2.52 bits per heavy atom. The Kier molecular flexibility index (Phi) is 6.05. The molecule has 0 saturated heterocycles. The van der Waals surface area contributed by atoms with Gasteiger partial charge in [0.15, 0.2) is 5.78 Å². The zero-order chi connectivity index (χ0) is 17.8. The van der Waals surface area contributed by atoms with Crippen molar-refractivity contribution in [3.63, 3.8) is 0 Å². The van der Waals surface area contributed by atoms with E-state index in [-0.39, 0.29) is 24.2 Å². The lowest BCUT2D eigenvalue weighted by atomic mass is 9.90. The Bertz CT molecular complexity index is 730. The Morgan fingerprint density at radius 1 is 1.43 bits per heavy atom. The van der Waals surface area contributed by atoms with Crippen molar-refractivity contribution in [1.82, 2.24) is 4.98 Å². The smallest absolute Gasteiger partial charge is 0.358 e. The standard InChI is InChI=1S/C13H16N2O7S/c1-8(16)5-6-10(9(2)23(20,21)22)12(17)11-4-3-7-14-13(11)15(18)19/h3-4,7,9-10H,5-6H2,1-2H3,(H,20,21,22). The minimum absolute atomic E-state index is 0.0929. The number of hydrogen-bond acceptors (Lipinski definition) is 7. The molecule has 126 valence electrons. The normalized spacial score (nSPS) is 14.0. The molecule has 0 aliphatic rings. The van der Waals surface area contributed by atoms with Gasteiger partial charge >= 0.3 is 5.82 Å². The highest BCUT2D eigenvalue weighted by molar-refractivity contribution is 7.86. The van der Waals surface area contributed by atoms with Crippen LogP contribution < -0.4 is 0 Å². The highest BCUT2D eigenvalue weighted by Crippen LogP contribution is 2.26. The summed E-state index contributed by atoms with van der Waals surface area (Å²) in [5.41, 5.74) is -0.360. The van der Waals surface area contributed by atoms with Gasteiger partial charge in [-0.2, -0.15) is 8.42 Å². The van der Waals surface area contributed by atoms with Crippen LogP contribution in [0.4, 0.5) is 5.82 Å². The monoisotopic (exact) mass is 344 g/mol. The number of hydrogen-bond donors (Lipinski definition) is 1. The summed E-state index contributed by atoms with van der Waals surface area (Å²) in [6, 6.07) is 2.46. The molecule has 9 nitrogen and oxygen atoms in total. The van der Waals surface area contributed by atoms with Crippen molar-refractivity contribution < 1.29 is 27.5 Å². The lowest BCUT2D eigenvalue weighted by Crippen LogP contribution is -2.33. The predicted octanol–water partition coefficient (Wildman–Crippen LogP) is 1.43. The van der Waals surface area contributed by atoms with Gasteiger partial charge in [0.25, 0.3) is 10.1 Å². The highest BCUT2D eigenvalue weighted by atomic mass is 32.2. The number of carbonyl (C=O) groups excluding carboxylic acids is 2. The van der Waals surface area contributed by atoms with Crippen LogP contribution in [-0.4, -0.2) is 39.7 Å². The van der Waals surface area contributed by atoms with Crippen molar-refractivity contribution in [2.24, 2.45) is 5.92 Å². The van der Waals surface area contributed by atoms with Crippen LogP contribution >= 0.6 is 0 Å². The zero-order valence-electron chi connectivity index (χ0n) is 12.5. The van der Waals surface area contributed by atoms with Crippen molar-refractivity contribution in [3.8, 4) is 0 Å². The van der Waals surface area contributed by atoms with E-state index in [0.717, 1.165) is 19.2 Å². The molecular weight excluding hydrogens is 328 g/mol. The maximum absolute atomic E-state index is 12.5. The SMILES string of the molecule is CC(=O)CCC(C(=O)c1cccnc1[N+](=O)[O-])C(C)S(=O)(=O)O. The van der Waals surface area contributed by atoms with Crippen LogP contribution in [0, 0.1) is 16.0 Å². The van der Waals surface area contributed by atoms with Gasteiger partial charge in [-0.05, 0) is 42.3 Å². The van der Waals surface area contributed by atoms with Crippen molar-refractivity contribution in [2.75, 3.05) is 0 Å². The maximum Gasteiger partial charge on any atom is 0.374 e. The second kappa shape index (κ2) is 7.38. The predicted molar refractivity (Wildman–Crippen MR) is 79.6 cm³/mol. The molecular formula is C13H16N2O7S. The molecule has 0 aromatic carbocycles. The number of nitro groups is 1. The molecule has 0 bridgehead atoms. The van der Waals surface area contributed by atoms with Crippen LogP contribution in [-0.2, 0) is 14.9 Å². The van der Waals surface area contributed by atoms with E-state index in [2.05, 4.69) is 4.98 Å². The second-order valence-corrected chi connectivity index (χ2v) is 6.84. The summed E-state index contributed by atoms with van der Waals surface area (Å²) in [5.74, 6) is -3.12. The Labute approximate surface area is 132 Å². The largest absolute Gasteiger partial charge is 0.374 e. The molecule has 0 spiro atoms. The van der Waals surface area contributed by atoms with Crippen molar-refractivity contribution in [1.29, 1.82) is 0 Å². The van der Waals surface area contributed by atoms with Crippen LogP contribution in [0.15, 0.2) is 18.3 Å². The Balaban J connectivity index is 3.29. The van der Waals surface area contributed by atoms with Crippen LogP contribution in [0.2, 0.25) is 0 Å². The van der Waals surface area contributed by atoms with E-state index < -0.39 is 37.8 Å². The molecule has 0 radical (unpaired) electrons. The molecule has 10 heteroatoms. The topological polar surface area (TPSA) is 145 Å². The molecule has 0 aliphatic heterocycles. The van der Waals surface area contributed by atoms with Crippen LogP contribution in [0.5, 0.6) is 0 Å². The first-order valence-corrected chi connectivity index (χ1v) is 8.15. The van der Waals surface area contributed by atoms with Gasteiger partial charge in [0.2, 0.25) is 0 Å². The number of pyridine rings is 1. The lowest BCUT2D eigenvalue weighted by Gasteiger charge is -2.20. The lowest BCUT2D eigenvalue weighted by molar-refractivity contribution is -0.389. The molecule has 1 rings (SSSR count). The van der Waals surface area contributed by atoms with Gasteiger partial charge in [-0.25, -0.2) is 0 Å². The van der Waals surface area contributed by atoms with Crippen LogP contribution in [0.3, 0.4) is 0 Å². The summed E-state index contributed by atoms with van der Waals surface area (Å²) < 4.78 is 31.9. The van der Waals surface area contributed by atoms with E-state index in [1.54, 1.807) is 0 Å². The number of nitrogens with zero attached hydrogens (tertiary/aromatic N) is 2. The highest BCUT2D eigenvalue weighted by Gasteiger charge is 2.36. The number of rotatable bonds is 8. The van der Waals surface area contributed by atoms with Crippen molar-refractivity contribution >= 4 is 27.5 Å². The number of aromatic nitrogens is 1. The minimum Gasteiger partial charge on any atom is -0.358 e. The van der Waals surface area contributed by atoms with E-state index in [9.17, 15) is 32.7 Å². The third-order valence-corrected chi connectivity index (χ3v) is 4.67. The molecule has 0 amide bonds. The van der Waals surface area contributed by atoms with Gasteiger partial charge in [-0.15, -0.1) is 0 Å². The third-order valence-electron chi connectivity index (χ3n) is 3.41. The first kappa shape index (κ1) is 18.8. The number of Topliss-reactive ketones (excluding diaryl/α,β-unsaturated/α-hetero) is 2.